The molecule has 1 aromatic heterocycles. The zero-order valence-electron chi connectivity index (χ0n) is 12.8. The number of ketones is 1. The summed E-state index contributed by atoms with van der Waals surface area (Å²) in [6.07, 6.45) is 1.92. The molecular formula is C15H22N2O4. The van der Waals surface area contributed by atoms with Gasteiger partial charge in [0.05, 0.1) is 5.92 Å². The predicted octanol–water partition coefficient (Wildman–Crippen LogP) is 2.08. The van der Waals surface area contributed by atoms with Crippen molar-refractivity contribution in [2.45, 2.75) is 34.1 Å². The third kappa shape index (κ3) is 5.41. The van der Waals surface area contributed by atoms with Crippen molar-refractivity contribution < 1.29 is 19.5 Å². The minimum absolute atomic E-state index is 0.0554. The first-order valence-electron chi connectivity index (χ1n) is 6.80. The van der Waals surface area contributed by atoms with Crippen molar-refractivity contribution in [2.24, 2.45) is 11.3 Å². The standard InChI is InChI=1S/C15H22N2O4/c1-9(18)10-5-12(16-7-10)13(19)17-8-11(14(20)21)6-15(2,3)4/h5,7,11,16H,6,8H2,1-4H3,(H,17,19)(H,20,21). The number of rotatable bonds is 6. The van der Waals surface area contributed by atoms with E-state index in [1.54, 1.807) is 0 Å². The number of carbonyl (C=O) groups is 3. The van der Waals surface area contributed by atoms with Gasteiger partial charge in [-0.1, -0.05) is 20.8 Å². The molecule has 21 heavy (non-hydrogen) atoms. The molecule has 0 aliphatic carbocycles. The molecule has 6 nitrogen and oxygen atoms in total. The molecule has 1 atom stereocenters. The maximum absolute atomic E-state index is 11.9. The molecule has 1 rings (SSSR count). The van der Waals surface area contributed by atoms with Crippen molar-refractivity contribution in [1.29, 1.82) is 0 Å². The van der Waals surface area contributed by atoms with E-state index >= 15 is 0 Å². The van der Waals surface area contributed by atoms with Gasteiger partial charge in [0, 0.05) is 18.3 Å². The number of aromatic amines is 1. The molecular weight excluding hydrogens is 272 g/mol. The molecule has 1 aromatic rings. The summed E-state index contributed by atoms with van der Waals surface area (Å²) in [7, 11) is 0. The van der Waals surface area contributed by atoms with Crippen LogP contribution in [0.2, 0.25) is 0 Å². The summed E-state index contributed by atoms with van der Waals surface area (Å²) in [5.74, 6) is -2.12. The van der Waals surface area contributed by atoms with Gasteiger partial charge in [-0.25, -0.2) is 0 Å². The molecule has 3 N–H and O–H groups in total. The fourth-order valence-electron chi connectivity index (χ4n) is 2.03. The van der Waals surface area contributed by atoms with E-state index < -0.39 is 17.8 Å². The van der Waals surface area contributed by atoms with Gasteiger partial charge in [-0.2, -0.15) is 0 Å². The lowest BCUT2D eigenvalue weighted by Crippen LogP contribution is -2.35. The number of Topliss-reactive ketones (excluding diaryl/α,β-unsaturated/α-hetero) is 1. The third-order valence-electron chi connectivity index (χ3n) is 3.05. The Morgan fingerprint density at radius 3 is 2.38 bits per heavy atom. The number of amides is 1. The maximum atomic E-state index is 11.9. The molecule has 1 heterocycles. The molecule has 0 fully saturated rings. The fourth-order valence-corrected chi connectivity index (χ4v) is 2.03. The number of aliphatic carboxylic acids is 1. The molecule has 0 aromatic carbocycles. The molecule has 0 bridgehead atoms. The van der Waals surface area contributed by atoms with Gasteiger partial charge in [0.15, 0.2) is 5.78 Å². The topological polar surface area (TPSA) is 99.3 Å². The number of hydrogen-bond acceptors (Lipinski definition) is 3. The van der Waals surface area contributed by atoms with Crippen LogP contribution in [-0.2, 0) is 4.79 Å². The van der Waals surface area contributed by atoms with Gasteiger partial charge in [-0.15, -0.1) is 0 Å². The second kappa shape index (κ2) is 6.56. The van der Waals surface area contributed by atoms with Gasteiger partial charge in [0.25, 0.3) is 5.91 Å². The Balaban J connectivity index is 2.64. The summed E-state index contributed by atoms with van der Waals surface area (Å²) in [5, 5.41) is 11.8. The lowest BCUT2D eigenvalue weighted by Gasteiger charge is -2.23. The zero-order chi connectivity index (χ0) is 16.2. The van der Waals surface area contributed by atoms with Gasteiger partial charge in [-0.05, 0) is 24.8 Å². The van der Waals surface area contributed by atoms with Crippen LogP contribution in [0.3, 0.4) is 0 Å². The number of aromatic nitrogens is 1. The van der Waals surface area contributed by atoms with Crippen LogP contribution < -0.4 is 5.32 Å². The molecule has 1 amide bonds. The molecule has 0 aliphatic heterocycles. The van der Waals surface area contributed by atoms with Gasteiger partial charge >= 0.3 is 5.97 Å². The van der Waals surface area contributed by atoms with Crippen LogP contribution in [0.25, 0.3) is 0 Å². The highest BCUT2D eigenvalue weighted by molar-refractivity contribution is 5.99. The van der Waals surface area contributed by atoms with Crippen molar-refractivity contribution in [1.82, 2.24) is 10.3 Å². The SMILES string of the molecule is CC(=O)c1c[nH]c(C(=O)NCC(CC(C)(C)C)C(=O)O)c1. The lowest BCUT2D eigenvalue weighted by atomic mass is 9.84. The molecule has 0 saturated carbocycles. The molecule has 1 unspecified atom stereocenters. The Morgan fingerprint density at radius 1 is 1.33 bits per heavy atom. The van der Waals surface area contributed by atoms with Crippen LogP contribution in [0.1, 0.15) is 55.0 Å². The number of H-pyrrole nitrogens is 1. The van der Waals surface area contributed by atoms with Crippen LogP contribution in [-0.4, -0.2) is 34.3 Å². The van der Waals surface area contributed by atoms with E-state index in [0.717, 1.165) is 0 Å². The summed E-state index contributed by atoms with van der Waals surface area (Å²) in [4.78, 5) is 37.0. The Hall–Kier alpha value is -2.11. The maximum Gasteiger partial charge on any atom is 0.308 e. The fraction of sp³-hybridized carbons (Fsp3) is 0.533. The van der Waals surface area contributed by atoms with Gasteiger partial charge in [0.1, 0.15) is 5.69 Å². The van der Waals surface area contributed by atoms with E-state index in [1.807, 2.05) is 20.8 Å². The lowest BCUT2D eigenvalue weighted by molar-refractivity contribution is -0.142. The van der Waals surface area contributed by atoms with Crippen molar-refractivity contribution in [2.75, 3.05) is 6.54 Å². The first-order valence-corrected chi connectivity index (χ1v) is 6.80. The van der Waals surface area contributed by atoms with E-state index in [9.17, 15) is 19.5 Å². The first kappa shape index (κ1) is 16.9. The number of hydrogen-bond donors (Lipinski definition) is 3. The van der Waals surface area contributed by atoms with Crippen LogP contribution >= 0.6 is 0 Å². The van der Waals surface area contributed by atoms with Crippen molar-refractivity contribution in [3.63, 3.8) is 0 Å². The first-order chi connectivity index (χ1) is 9.60. The minimum atomic E-state index is -0.930. The second-order valence-corrected chi connectivity index (χ2v) is 6.37. The van der Waals surface area contributed by atoms with Gasteiger partial charge in [0.2, 0.25) is 0 Å². The number of carboxylic acids is 1. The predicted molar refractivity (Wildman–Crippen MR) is 78.3 cm³/mol. The monoisotopic (exact) mass is 294 g/mol. The summed E-state index contributed by atoms with van der Waals surface area (Å²) in [6, 6.07) is 1.46. The summed E-state index contributed by atoms with van der Waals surface area (Å²) in [6.45, 7) is 7.33. The van der Waals surface area contributed by atoms with E-state index in [1.165, 1.54) is 19.2 Å². The van der Waals surface area contributed by atoms with Crippen LogP contribution in [0.5, 0.6) is 0 Å². The van der Waals surface area contributed by atoms with Crippen LogP contribution in [0.15, 0.2) is 12.3 Å². The highest BCUT2D eigenvalue weighted by Gasteiger charge is 2.25. The summed E-state index contributed by atoms with van der Waals surface area (Å²) >= 11 is 0. The number of carbonyl (C=O) groups excluding carboxylic acids is 2. The Bertz CT molecular complexity index is 540. The molecule has 116 valence electrons. The molecule has 6 heteroatoms. The van der Waals surface area contributed by atoms with E-state index in [4.69, 9.17) is 0 Å². The quantitative estimate of drug-likeness (QED) is 0.699. The Morgan fingerprint density at radius 2 is 1.95 bits per heavy atom. The van der Waals surface area contributed by atoms with E-state index in [0.29, 0.717) is 12.0 Å². The molecule has 0 spiro atoms. The smallest absolute Gasteiger partial charge is 0.308 e. The summed E-state index contributed by atoms with van der Waals surface area (Å²) in [5.41, 5.74) is 0.534. The van der Waals surface area contributed by atoms with Crippen molar-refractivity contribution >= 4 is 17.7 Å². The molecule has 0 radical (unpaired) electrons. The van der Waals surface area contributed by atoms with Gasteiger partial charge in [-0.3, -0.25) is 14.4 Å². The van der Waals surface area contributed by atoms with Crippen molar-refractivity contribution in [3.8, 4) is 0 Å². The van der Waals surface area contributed by atoms with E-state index in [2.05, 4.69) is 10.3 Å². The average Bonchev–Trinajstić information content (AvgIpc) is 2.82. The third-order valence-corrected chi connectivity index (χ3v) is 3.05. The van der Waals surface area contributed by atoms with E-state index in [-0.39, 0.29) is 23.4 Å². The Kier molecular flexibility index (Phi) is 5.29. The largest absolute Gasteiger partial charge is 0.481 e. The average molecular weight is 294 g/mol. The normalized spacial score (nSPS) is 12.8. The Labute approximate surface area is 123 Å². The van der Waals surface area contributed by atoms with Crippen LogP contribution in [0.4, 0.5) is 0 Å². The number of nitrogens with one attached hydrogen (secondary N) is 2. The minimum Gasteiger partial charge on any atom is -0.481 e. The van der Waals surface area contributed by atoms with Crippen LogP contribution in [0, 0.1) is 11.3 Å². The highest BCUT2D eigenvalue weighted by atomic mass is 16.4. The molecule has 0 saturated heterocycles. The van der Waals surface area contributed by atoms with Crippen molar-refractivity contribution in [3.05, 3.63) is 23.5 Å². The zero-order valence-corrected chi connectivity index (χ0v) is 12.8. The second-order valence-electron chi connectivity index (χ2n) is 6.37. The molecule has 0 aliphatic rings. The summed E-state index contributed by atoms with van der Waals surface area (Å²) < 4.78 is 0. The van der Waals surface area contributed by atoms with Gasteiger partial charge < -0.3 is 15.4 Å². The highest BCUT2D eigenvalue weighted by Crippen LogP contribution is 2.24. The number of carboxylic acid groups (broad SMARTS) is 1.